The number of nitrogens with zero attached hydrogens (tertiary/aromatic N) is 2. The summed E-state index contributed by atoms with van der Waals surface area (Å²) >= 11 is 3.36. The molecule has 1 aliphatic rings. The molecule has 1 aliphatic heterocycles. The molecule has 1 heterocycles. The van der Waals surface area contributed by atoms with Gasteiger partial charge in [0.1, 0.15) is 0 Å². The summed E-state index contributed by atoms with van der Waals surface area (Å²) in [7, 11) is 2.14. The molecule has 0 saturated carbocycles. The zero-order valence-electron chi connectivity index (χ0n) is 11.6. The third-order valence-electron chi connectivity index (χ3n) is 3.71. The molecule has 1 atom stereocenters. The first kappa shape index (κ1) is 15.4. The smallest absolute Gasteiger partial charge is 0.273 e. The molecule has 0 spiro atoms. The molecule has 1 fully saturated rings. The van der Waals surface area contributed by atoms with Crippen LogP contribution >= 0.6 is 15.9 Å². The van der Waals surface area contributed by atoms with Crippen molar-refractivity contribution in [2.75, 3.05) is 26.7 Å². The summed E-state index contributed by atoms with van der Waals surface area (Å²) in [5.41, 5.74) is 0.912. The van der Waals surface area contributed by atoms with Gasteiger partial charge >= 0.3 is 0 Å². The van der Waals surface area contributed by atoms with E-state index >= 15 is 0 Å². The molecule has 0 radical (unpaired) electrons. The molecule has 0 amide bonds. The van der Waals surface area contributed by atoms with Crippen LogP contribution in [0, 0.1) is 16.0 Å². The van der Waals surface area contributed by atoms with Crippen molar-refractivity contribution in [1.82, 2.24) is 10.2 Å². The van der Waals surface area contributed by atoms with E-state index in [9.17, 15) is 10.1 Å². The molecule has 1 aromatic carbocycles. The molecule has 20 heavy (non-hydrogen) atoms. The number of nitrogens with one attached hydrogen (secondary N) is 1. The molecule has 0 bridgehead atoms. The number of piperidine rings is 1. The Bertz CT molecular complexity index is 481. The molecule has 1 aromatic rings. The Morgan fingerprint density at radius 3 is 3.05 bits per heavy atom. The number of rotatable bonds is 5. The number of halogens is 1. The predicted molar refractivity (Wildman–Crippen MR) is 82.7 cm³/mol. The summed E-state index contributed by atoms with van der Waals surface area (Å²) in [6.45, 7) is 3.73. The molecule has 0 aliphatic carbocycles. The fourth-order valence-corrected chi connectivity index (χ4v) is 3.13. The van der Waals surface area contributed by atoms with Crippen molar-refractivity contribution in [3.63, 3.8) is 0 Å². The van der Waals surface area contributed by atoms with Gasteiger partial charge in [-0.2, -0.15) is 0 Å². The average molecular weight is 342 g/mol. The first-order valence-electron chi connectivity index (χ1n) is 6.88. The molecular weight excluding hydrogens is 322 g/mol. The molecule has 110 valence electrons. The van der Waals surface area contributed by atoms with Crippen LogP contribution in [-0.4, -0.2) is 36.5 Å². The van der Waals surface area contributed by atoms with Crippen LogP contribution < -0.4 is 5.32 Å². The minimum absolute atomic E-state index is 0.182. The molecular formula is C14H20BrN3O2. The number of benzene rings is 1. The summed E-state index contributed by atoms with van der Waals surface area (Å²) in [4.78, 5) is 13.0. The van der Waals surface area contributed by atoms with Gasteiger partial charge in [-0.25, -0.2) is 0 Å². The van der Waals surface area contributed by atoms with Crippen LogP contribution in [0.4, 0.5) is 5.69 Å². The van der Waals surface area contributed by atoms with Gasteiger partial charge < -0.3 is 10.2 Å². The van der Waals surface area contributed by atoms with Crippen molar-refractivity contribution >= 4 is 21.6 Å². The maximum Gasteiger partial charge on any atom is 0.273 e. The Hall–Kier alpha value is -0.980. The van der Waals surface area contributed by atoms with E-state index in [0.717, 1.165) is 23.1 Å². The summed E-state index contributed by atoms with van der Waals surface area (Å²) in [6.07, 6.45) is 2.47. The lowest BCUT2D eigenvalue weighted by Gasteiger charge is -2.29. The molecule has 5 nitrogen and oxygen atoms in total. The topological polar surface area (TPSA) is 58.4 Å². The van der Waals surface area contributed by atoms with Crippen LogP contribution in [0.3, 0.4) is 0 Å². The van der Waals surface area contributed by atoms with Crippen LogP contribution in [0.1, 0.15) is 18.4 Å². The van der Waals surface area contributed by atoms with E-state index in [4.69, 9.17) is 0 Å². The monoisotopic (exact) mass is 341 g/mol. The third kappa shape index (κ3) is 4.26. The maximum atomic E-state index is 11.0. The van der Waals surface area contributed by atoms with Gasteiger partial charge in [0.2, 0.25) is 0 Å². The second-order valence-corrected chi connectivity index (χ2v) is 6.35. The van der Waals surface area contributed by atoms with E-state index in [0.29, 0.717) is 12.5 Å². The third-order valence-corrected chi connectivity index (χ3v) is 4.20. The highest BCUT2D eigenvalue weighted by molar-refractivity contribution is 9.10. The lowest BCUT2D eigenvalue weighted by Crippen LogP contribution is -2.37. The molecule has 6 heteroatoms. The zero-order chi connectivity index (χ0) is 14.5. The largest absolute Gasteiger partial charge is 0.312 e. The van der Waals surface area contributed by atoms with E-state index in [1.165, 1.54) is 19.4 Å². The first-order valence-corrected chi connectivity index (χ1v) is 7.67. The Morgan fingerprint density at radius 1 is 1.55 bits per heavy atom. The van der Waals surface area contributed by atoms with Gasteiger partial charge in [-0.15, -0.1) is 0 Å². The SMILES string of the molecule is CN1CCCC(CNCc2cc(Br)ccc2[N+](=O)[O-])C1. The Balaban J connectivity index is 1.90. The van der Waals surface area contributed by atoms with Gasteiger partial charge in [-0.1, -0.05) is 15.9 Å². The highest BCUT2D eigenvalue weighted by Crippen LogP contribution is 2.23. The summed E-state index contributed by atoms with van der Waals surface area (Å²) in [5.74, 6) is 0.639. The summed E-state index contributed by atoms with van der Waals surface area (Å²) < 4.78 is 0.872. The standard InChI is InChI=1S/C14H20BrN3O2/c1-17-6-2-3-11(10-17)8-16-9-12-7-13(15)4-5-14(12)18(19)20/h4-5,7,11,16H,2-3,6,8-10H2,1H3. The molecule has 0 aromatic heterocycles. The van der Waals surface area contributed by atoms with Gasteiger partial charge in [-0.05, 0) is 51.0 Å². The Morgan fingerprint density at radius 2 is 2.35 bits per heavy atom. The average Bonchev–Trinajstić information content (AvgIpc) is 2.38. The number of hydrogen-bond donors (Lipinski definition) is 1. The van der Waals surface area contributed by atoms with E-state index in [2.05, 4.69) is 33.2 Å². The Kier molecular flexibility index (Phi) is 5.51. The van der Waals surface area contributed by atoms with Crippen molar-refractivity contribution in [2.24, 2.45) is 5.92 Å². The van der Waals surface area contributed by atoms with Crippen molar-refractivity contribution in [3.8, 4) is 0 Å². The second-order valence-electron chi connectivity index (χ2n) is 5.43. The number of nitro benzene ring substituents is 1. The van der Waals surface area contributed by atoms with Gasteiger partial charge in [-0.3, -0.25) is 10.1 Å². The van der Waals surface area contributed by atoms with Crippen molar-refractivity contribution < 1.29 is 4.92 Å². The van der Waals surface area contributed by atoms with E-state index in [1.54, 1.807) is 12.1 Å². The lowest BCUT2D eigenvalue weighted by molar-refractivity contribution is -0.385. The summed E-state index contributed by atoms with van der Waals surface area (Å²) in [6, 6.07) is 5.07. The number of hydrogen-bond acceptors (Lipinski definition) is 4. The van der Waals surface area contributed by atoms with Crippen LogP contribution in [0.15, 0.2) is 22.7 Å². The fraction of sp³-hybridized carbons (Fsp3) is 0.571. The molecule has 1 N–H and O–H groups in total. The lowest BCUT2D eigenvalue weighted by atomic mass is 9.98. The normalized spacial score (nSPS) is 20.0. The first-order chi connectivity index (χ1) is 9.56. The quantitative estimate of drug-likeness (QED) is 0.660. The van der Waals surface area contributed by atoms with E-state index < -0.39 is 0 Å². The second kappa shape index (κ2) is 7.15. The zero-order valence-corrected chi connectivity index (χ0v) is 13.2. The van der Waals surface area contributed by atoms with Crippen molar-refractivity contribution in [1.29, 1.82) is 0 Å². The van der Waals surface area contributed by atoms with Crippen LogP contribution in [0.25, 0.3) is 0 Å². The van der Waals surface area contributed by atoms with Crippen LogP contribution in [-0.2, 0) is 6.54 Å². The van der Waals surface area contributed by atoms with E-state index in [1.807, 2.05) is 6.07 Å². The number of likely N-dealkylation sites (tertiary alicyclic amines) is 1. The van der Waals surface area contributed by atoms with Crippen molar-refractivity contribution in [2.45, 2.75) is 19.4 Å². The molecule has 1 unspecified atom stereocenters. The van der Waals surface area contributed by atoms with Gasteiger partial charge in [0.15, 0.2) is 0 Å². The number of nitro groups is 1. The highest BCUT2D eigenvalue weighted by Gasteiger charge is 2.18. The van der Waals surface area contributed by atoms with Gasteiger partial charge in [0, 0.05) is 29.2 Å². The fourth-order valence-electron chi connectivity index (χ4n) is 2.72. The molecule has 1 saturated heterocycles. The van der Waals surface area contributed by atoms with Gasteiger partial charge in [0.25, 0.3) is 5.69 Å². The maximum absolute atomic E-state index is 11.0. The minimum Gasteiger partial charge on any atom is -0.312 e. The minimum atomic E-state index is -0.322. The predicted octanol–water partition coefficient (Wildman–Crippen LogP) is 2.79. The van der Waals surface area contributed by atoms with Crippen molar-refractivity contribution in [3.05, 3.63) is 38.3 Å². The Labute approximate surface area is 127 Å². The van der Waals surface area contributed by atoms with Crippen LogP contribution in [0.2, 0.25) is 0 Å². The van der Waals surface area contributed by atoms with Gasteiger partial charge in [0.05, 0.1) is 4.92 Å². The summed E-state index contributed by atoms with van der Waals surface area (Å²) in [5, 5.41) is 14.4. The van der Waals surface area contributed by atoms with E-state index in [-0.39, 0.29) is 10.6 Å². The van der Waals surface area contributed by atoms with Crippen LogP contribution in [0.5, 0.6) is 0 Å². The highest BCUT2D eigenvalue weighted by atomic mass is 79.9. The molecule has 2 rings (SSSR count).